The molecular weight excluding hydrogens is 512 g/mol. The van der Waals surface area contributed by atoms with Crippen molar-refractivity contribution in [1.82, 2.24) is 0 Å². The molecule has 0 aromatic heterocycles. The van der Waals surface area contributed by atoms with E-state index in [2.05, 4.69) is 0 Å². The number of Topliss-reactive ketones (excluding diaryl/α,β-unsaturated/α-hetero) is 1. The molecule has 0 bridgehead atoms. The fourth-order valence-electron chi connectivity index (χ4n) is 4.56. The van der Waals surface area contributed by atoms with Crippen LogP contribution in [0.4, 0.5) is 0 Å². The summed E-state index contributed by atoms with van der Waals surface area (Å²) in [4.78, 5) is 38.0. The number of carbonyl (C=O) groups excluding carboxylic acids is 3. The van der Waals surface area contributed by atoms with Crippen molar-refractivity contribution in [2.45, 2.75) is 33.1 Å². The second kappa shape index (κ2) is 12.4. The van der Waals surface area contributed by atoms with Crippen molar-refractivity contribution in [3.8, 4) is 11.5 Å². The molecule has 4 aromatic rings. The Labute approximate surface area is 239 Å². The Morgan fingerprint density at radius 2 is 0.927 bits per heavy atom. The molecule has 0 aliphatic heterocycles. The smallest absolute Gasteiger partial charge is 0.343 e. The molecule has 0 amide bonds. The monoisotopic (exact) mass is 542 g/mol. The van der Waals surface area contributed by atoms with Gasteiger partial charge in [0.1, 0.15) is 11.5 Å². The van der Waals surface area contributed by atoms with Gasteiger partial charge in [0.2, 0.25) is 0 Å². The van der Waals surface area contributed by atoms with Gasteiger partial charge in [-0.05, 0) is 105 Å². The van der Waals surface area contributed by atoms with Crippen LogP contribution in [-0.2, 0) is 4.79 Å². The van der Waals surface area contributed by atoms with Gasteiger partial charge in [0.15, 0.2) is 5.78 Å². The van der Waals surface area contributed by atoms with E-state index in [1.807, 2.05) is 74.5 Å². The zero-order valence-electron chi connectivity index (χ0n) is 23.1. The van der Waals surface area contributed by atoms with E-state index < -0.39 is 11.9 Å². The number of ketones is 1. The minimum atomic E-state index is -0.411. The van der Waals surface area contributed by atoms with E-state index in [-0.39, 0.29) is 5.78 Å². The summed E-state index contributed by atoms with van der Waals surface area (Å²) < 4.78 is 11.0. The van der Waals surface area contributed by atoms with E-state index in [0.29, 0.717) is 35.5 Å². The summed E-state index contributed by atoms with van der Waals surface area (Å²) in [5.74, 6) is 0.0974. The molecule has 5 nitrogen and oxygen atoms in total. The molecule has 1 aliphatic carbocycles. The van der Waals surface area contributed by atoms with Crippen molar-refractivity contribution in [3.63, 3.8) is 0 Å². The number of esters is 2. The lowest BCUT2D eigenvalue weighted by Gasteiger charge is -2.16. The molecule has 1 fully saturated rings. The third-order valence-electron chi connectivity index (χ3n) is 6.91. The van der Waals surface area contributed by atoms with Crippen molar-refractivity contribution in [1.29, 1.82) is 0 Å². The second-order valence-corrected chi connectivity index (χ2v) is 10.2. The number of rotatable bonds is 6. The van der Waals surface area contributed by atoms with Gasteiger partial charge < -0.3 is 9.47 Å². The van der Waals surface area contributed by atoms with Gasteiger partial charge in [0, 0.05) is 11.1 Å². The van der Waals surface area contributed by atoms with Crippen LogP contribution >= 0.6 is 0 Å². The lowest BCUT2D eigenvalue weighted by atomic mass is 9.87. The van der Waals surface area contributed by atoms with Crippen molar-refractivity contribution >= 4 is 29.9 Å². The molecular formula is C36H30O5. The highest BCUT2D eigenvalue weighted by Crippen LogP contribution is 2.29. The molecule has 204 valence electrons. The number of allylic oxidation sites excluding steroid dienone is 2. The highest BCUT2D eigenvalue weighted by atomic mass is 16.5. The van der Waals surface area contributed by atoms with Gasteiger partial charge >= 0.3 is 11.9 Å². The van der Waals surface area contributed by atoms with Crippen LogP contribution in [0.5, 0.6) is 11.5 Å². The Morgan fingerprint density at radius 3 is 1.29 bits per heavy atom. The van der Waals surface area contributed by atoms with Crippen LogP contribution in [0.25, 0.3) is 12.2 Å². The molecule has 0 atom stereocenters. The first-order chi connectivity index (χ1) is 19.8. The van der Waals surface area contributed by atoms with Gasteiger partial charge in [-0.15, -0.1) is 0 Å². The molecule has 5 rings (SSSR count). The lowest BCUT2D eigenvalue weighted by Crippen LogP contribution is -2.12. The first-order valence-electron chi connectivity index (χ1n) is 13.6. The second-order valence-electron chi connectivity index (χ2n) is 10.2. The van der Waals surface area contributed by atoms with Crippen LogP contribution in [0.15, 0.2) is 108 Å². The first kappa shape index (κ1) is 27.5. The van der Waals surface area contributed by atoms with Gasteiger partial charge in [-0.25, -0.2) is 9.59 Å². The van der Waals surface area contributed by atoms with E-state index in [1.54, 1.807) is 48.5 Å². The molecule has 41 heavy (non-hydrogen) atoms. The fourth-order valence-corrected chi connectivity index (χ4v) is 4.56. The largest absolute Gasteiger partial charge is 0.423 e. The quantitative estimate of drug-likeness (QED) is 0.140. The van der Waals surface area contributed by atoms with Crippen molar-refractivity contribution < 1.29 is 23.9 Å². The van der Waals surface area contributed by atoms with Crippen LogP contribution in [0, 0.1) is 13.8 Å². The summed E-state index contributed by atoms with van der Waals surface area (Å²) in [6.45, 7) is 3.92. The highest BCUT2D eigenvalue weighted by molar-refractivity contribution is 6.14. The van der Waals surface area contributed by atoms with Gasteiger partial charge in [-0.2, -0.15) is 0 Å². The van der Waals surface area contributed by atoms with Crippen LogP contribution in [0.2, 0.25) is 0 Å². The van der Waals surface area contributed by atoms with Gasteiger partial charge in [0.25, 0.3) is 0 Å². The molecule has 0 heterocycles. The van der Waals surface area contributed by atoms with Crippen LogP contribution in [0.1, 0.15) is 62.2 Å². The summed E-state index contributed by atoms with van der Waals surface area (Å²) in [5, 5.41) is 0. The van der Waals surface area contributed by atoms with Crippen molar-refractivity contribution in [3.05, 3.63) is 142 Å². The Morgan fingerprint density at radius 1 is 0.561 bits per heavy atom. The average molecular weight is 543 g/mol. The Kier molecular flexibility index (Phi) is 8.35. The van der Waals surface area contributed by atoms with Crippen molar-refractivity contribution in [2.24, 2.45) is 0 Å². The van der Waals surface area contributed by atoms with Crippen LogP contribution in [0.3, 0.4) is 0 Å². The third kappa shape index (κ3) is 7.14. The molecule has 0 spiro atoms. The molecule has 0 saturated heterocycles. The minimum Gasteiger partial charge on any atom is -0.423 e. The zero-order chi connectivity index (χ0) is 28.8. The van der Waals surface area contributed by atoms with Gasteiger partial charge in [0.05, 0.1) is 11.1 Å². The minimum absolute atomic E-state index is 0.0287. The maximum Gasteiger partial charge on any atom is 0.343 e. The van der Waals surface area contributed by atoms with E-state index in [1.165, 1.54) is 0 Å². The summed E-state index contributed by atoms with van der Waals surface area (Å²) >= 11 is 0. The summed E-state index contributed by atoms with van der Waals surface area (Å²) in [6, 6.07) is 28.7. The maximum absolute atomic E-state index is 13.2. The summed E-state index contributed by atoms with van der Waals surface area (Å²) in [7, 11) is 0. The maximum atomic E-state index is 13.2. The first-order valence-corrected chi connectivity index (χ1v) is 13.6. The Bertz CT molecular complexity index is 1500. The average Bonchev–Trinajstić information content (AvgIpc) is 2.98. The standard InChI is InChI=1S/C36H30O5/c1-24-6-14-28(15-7-24)35(38)40-32-18-10-26(11-19-32)22-30-4-3-5-31(34(30)37)23-27-12-20-33(21-13-27)41-36(39)29-16-8-25(2)9-17-29/h6-23H,3-5H2,1-2H3. The molecule has 1 saturated carbocycles. The number of hydrogen-bond acceptors (Lipinski definition) is 5. The summed E-state index contributed by atoms with van der Waals surface area (Å²) in [6.07, 6.45) is 6.08. The number of aryl methyl sites for hydroxylation is 2. The van der Waals surface area contributed by atoms with Crippen molar-refractivity contribution in [2.75, 3.05) is 0 Å². The number of ether oxygens (including phenoxy) is 2. The lowest BCUT2D eigenvalue weighted by molar-refractivity contribution is -0.112. The third-order valence-corrected chi connectivity index (χ3v) is 6.91. The van der Waals surface area contributed by atoms with E-state index in [9.17, 15) is 14.4 Å². The number of carbonyl (C=O) groups is 3. The zero-order valence-corrected chi connectivity index (χ0v) is 23.1. The molecule has 0 radical (unpaired) electrons. The fraction of sp³-hybridized carbons (Fsp3) is 0.139. The number of hydrogen-bond donors (Lipinski definition) is 0. The molecule has 0 unspecified atom stereocenters. The van der Waals surface area contributed by atoms with E-state index in [0.717, 1.165) is 39.8 Å². The molecule has 4 aromatic carbocycles. The van der Waals surface area contributed by atoms with E-state index in [4.69, 9.17) is 9.47 Å². The molecule has 1 aliphatic rings. The Balaban J connectivity index is 1.22. The number of benzene rings is 4. The molecule has 5 heteroatoms. The molecule has 0 N–H and O–H groups in total. The predicted octanol–water partition coefficient (Wildman–Crippen LogP) is 7.96. The van der Waals surface area contributed by atoms with Gasteiger partial charge in [-0.1, -0.05) is 59.7 Å². The van der Waals surface area contributed by atoms with Gasteiger partial charge in [-0.3, -0.25) is 4.79 Å². The predicted molar refractivity (Wildman–Crippen MR) is 160 cm³/mol. The van der Waals surface area contributed by atoms with Crippen LogP contribution in [-0.4, -0.2) is 17.7 Å². The highest BCUT2D eigenvalue weighted by Gasteiger charge is 2.20. The Hall–Kier alpha value is -5.03. The summed E-state index contributed by atoms with van der Waals surface area (Å²) in [5.41, 5.74) is 6.35. The van der Waals surface area contributed by atoms with E-state index >= 15 is 0 Å². The normalized spacial score (nSPS) is 15.1. The topological polar surface area (TPSA) is 69.7 Å². The van der Waals surface area contributed by atoms with Crippen LogP contribution < -0.4 is 9.47 Å². The SMILES string of the molecule is Cc1ccc(C(=O)Oc2ccc(C=C3CCCC(=Cc4ccc(OC(=O)c5ccc(C)cc5)cc4)C3=O)cc2)cc1.